The summed E-state index contributed by atoms with van der Waals surface area (Å²) in [5, 5.41) is 23.0. The number of halogens is 1. The van der Waals surface area contributed by atoms with E-state index in [-0.39, 0.29) is 11.1 Å². The van der Waals surface area contributed by atoms with Crippen LogP contribution in [0.3, 0.4) is 0 Å². The molecule has 0 saturated carbocycles. The molecule has 0 spiro atoms. The molecule has 0 aromatic heterocycles. The maximum absolute atomic E-state index is 10.7. The number of aromatic hydroxyl groups is 1. The van der Waals surface area contributed by atoms with Crippen molar-refractivity contribution in [3.05, 3.63) is 28.2 Å². The third-order valence-corrected chi connectivity index (χ3v) is 4.08. The minimum atomic E-state index is -1.11. The molecule has 0 radical (unpaired) electrons. The maximum Gasteiger partial charge on any atom is 0.121 e. The number of carbonyl (C=O) groups is 1. The van der Waals surface area contributed by atoms with Crippen molar-refractivity contribution in [3.8, 4) is 5.75 Å². The van der Waals surface area contributed by atoms with Crippen molar-refractivity contribution < 1.29 is 15.0 Å². The van der Waals surface area contributed by atoms with E-state index in [0.717, 1.165) is 4.47 Å². The second-order valence-corrected chi connectivity index (χ2v) is 5.51. The lowest BCUT2D eigenvalue weighted by Gasteiger charge is -2.15. The summed E-state index contributed by atoms with van der Waals surface area (Å²) in [6.07, 6.45) is 0. The lowest BCUT2D eigenvalue weighted by molar-refractivity contribution is -0.307. The average Bonchev–Trinajstić information content (AvgIpc) is 2.70. The Morgan fingerprint density at radius 2 is 2.38 bits per heavy atom. The predicted molar refractivity (Wildman–Crippen MR) is 62.9 cm³/mol. The second kappa shape index (κ2) is 4.65. The SMILES string of the molecule is O=C([O-])C1CSC(c2cc(Br)ccc2O)N1. The molecular weight excluding hydrogens is 294 g/mol. The summed E-state index contributed by atoms with van der Waals surface area (Å²) in [4.78, 5) is 10.7. The highest BCUT2D eigenvalue weighted by molar-refractivity contribution is 9.10. The van der Waals surface area contributed by atoms with Crippen molar-refractivity contribution in [2.24, 2.45) is 0 Å². The van der Waals surface area contributed by atoms with Crippen LogP contribution in [0.15, 0.2) is 22.7 Å². The molecule has 1 aliphatic rings. The van der Waals surface area contributed by atoms with Crippen LogP contribution in [0.25, 0.3) is 0 Å². The van der Waals surface area contributed by atoms with Gasteiger partial charge in [0.25, 0.3) is 0 Å². The Morgan fingerprint density at radius 3 is 3.00 bits per heavy atom. The van der Waals surface area contributed by atoms with Gasteiger partial charge in [-0.05, 0) is 18.2 Å². The molecule has 1 aromatic rings. The molecule has 4 nitrogen and oxygen atoms in total. The van der Waals surface area contributed by atoms with E-state index in [1.165, 1.54) is 11.8 Å². The monoisotopic (exact) mass is 302 g/mol. The zero-order valence-electron chi connectivity index (χ0n) is 8.14. The largest absolute Gasteiger partial charge is 0.548 e. The predicted octanol–water partition coefficient (Wildman–Crippen LogP) is 0.608. The highest BCUT2D eigenvalue weighted by Crippen LogP contribution is 2.38. The van der Waals surface area contributed by atoms with E-state index in [2.05, 4.69) is 21.2 Å². The Morgan fingerprint density at radius 1 is 1.62 bits per heavy atom. The van der Waals surface area contributed by atoms with Crippen molar-refractivity contribution in [1.82, 2.24) is 5.32 Å². The first-order valence-electron chi connectivity index (χ1n) is 4.65. The molecule has 0 aliphatic carbocycles. The van der Waals surface area contributed by atoms with Crippen LogP contribution < -0.4 is 10.4 Å². The van der Waals surface area contributed by atoms with Gasteiger partial charge in [-0.3, -0.25) is 5.32 Å². The lowest BCUT2D eigenvalue weighted by atomic mass is 10.2. The van der Waals surface area contributed by atoms with Gasteiger partial charge in [0.05, 0.1) is 17.4 Å². The number of nitrogens with one attached hydrogen (secondary N) is 1. The number of phenols is 1. The van der Waals surface area contributed by atoms with Gasteiger partial charge < -0.3 is 15.0 Å². The maximum atomic E-state index is 10.7. The van der Waals surface area contributed by atoms with E-state index in [9.17, 15) is 15.0 Å². The summed E-state index contributed by atoms with van der Waals surface area (Å²) in [6, 6.07) is 4.42. The Balaban J connectivity index is 2.20. The molecule has 86 valence electrons. The fourth-order valence-electron chi connectivity index (χ4n) is 1.52. The average molecular weight is 303 g/mol. The van der Waals surface area contributed by atoms with E-state index in [1.807, 2.05) is 0 Å². The van der Waals surface area contributed by atoms with Gasteiger partial charge in [-0.25, -0.2) is 0 Å². The number of phenolic OH excluding ortho intramolecular Hbond substituents is 1. The van der Waals surface area contributed by atoms with E-state index < -0.39 is 12.0 Å². The molecule has 2 atom stereocenters. The van der Waals surface area contributed by atoms with Crippen LogP contribution in [0.2, 0.25) is 0 Å². The number of aliphatic carboxylic acids is 1. The summed E-state index contributed by atoms with van der Waals surface area (Å²) in [7, 11) is 0. The molecule has 0 amide bonds. The van der Waals surface area contributed by atoms with Crippen molar-refractivity contribution in [3.63, 3.8) is 0 Å². The molecule has 1 fully saturated rings. The lowest BCUT2D eigenvalue weighted by Crippen LogP contribution is -2.43. The highest BCUT2D eigenvalue weighted by atomic mass is 79.9. The smallest absolute Gasteiger partial charge is 0.121 e. The molecule has 16 heavy (non-hydrogen) atoms. The first-order valence-corrected chi connectivity index (χ1v) is 6.49. The Kier molecular flexibility index (Phi) is 3.41. The molecule has 1 aromatic carbocycles. The molecule has 1 heterocycles. The van der Waals surface area contributed by atoms with Crippen LogP contribution >= 0.6 is 27.7 Å². The number of hydrogen-bond donors (Lipinski definition) is 2. The first-order chi connectivity index (χ1) is 7.58. The van der Waals surface area contributed by atoms with Crippen LogP contribution in [-0.2, 0) is 4.79 Å². The van der Waals surface area contributed by atoms with Crippen LogP contribution in [0, 0.1) is 0 Å². The van der Waals surface area contributed by atoms with E-state index in [4.69, 9.17) is 0 Å². The molecule has 2 N–H and O–H groups in total. The first kappa shape index (κ1) is 11.8. The Bertz CT molecular complexity index is 427. The minimum Gasteiger partial charge on any atom is -0.548 e. The minimum absolute atomic E-state index is 0.159. The second-order valence-electron chi connectivity index (χ2n) is 3.45. The van der Waals surface area contributed by atoms with Gasteiger partial charge in [-0.15, -0.1) is 11.8 Å². The Hall–Kier alpha value is -0.720. The summed E-state index contributed by atoms with van der Waals surface area (Å²) in [5.74, 6) is -0.504. The van der Waals surface area contributed by atoms with E-state index in [0.29, 0.717) is 11.3 Å². The number of thioether (sulfide) groups is 1. The van der Waals surface area contributed by atoms with Gasteiger partial charge in [-0.2, -0.15) is 0 Å². The van der Waals surface area contributed by atoms with Crippen molar-refractivity contribution in [2.75, 3.05) is 5.75 Å². The third-order valence-electron chi connectivity index (χ3n) is 2.34. The number of rotatable bonds is 2. The number of hydrogen-bond acceptors (Lipinski definition) is 5. The number of benzene rings is 1. The zero-order valence-corrected chi connectivity index (χ0v) is 10.5. The molecule has 1 aliphatic heterocycles. The fourth-order valence-corrected chi connectivity index (χ4v) is 3.15. The van der Waals surface area contributed by atoms with Gasteiger partial charge in [-0.1, -0.05) is 15.9 Å². The van der Waals surface area contributed by atoms with Crippen LogP contribution in [-0.4, -0.2) is 22.9 Å². The standard InChI is InChI=1S/C10H10BrNO3S/c11-5-1-2-8(13)6(3-5)9-12-7(4-16-9)10(14)15/h1-3,7,9,12-13H,4H2,(H,14,15)/p-1. The van der Waals surface area contributed by atoms with Crippen molar-refractivity contribution >= 4 is 33.7 Å². The van der Waals surface area contributed by atoms with E-state index >= 15 is 0 Å². The van der Waals surface area contributed by atoms with Gasteiger partial charge in [0.1, 0.15) is 5.75 Å². The van der Waals surface area contributed by atoms with Crippen molar-refractivity contribution in [2.45, 2.75) is 11.4 Å². The number of carbonyl (C=O) groups excluding carboxylic acids is 1. The molecule has 1 saturated heterocycles. The van der Waals surface area contributed by atoms with Gasteiger partial charge in [0.15, 0.2) is 0 Å². The Labute approximate surface area is 105 Å². The van der Waals surface area contributed by atoms with Crippen LogP contribution in [0.1, 0.15) is 10.9 Å². The van der Waals surface area contributed by atoms with Gasteiger partial charge in [0.2, 0.25) is 0 Å². The molecule has 2 rings (SSSR count). The number of carboxylic acids is 1. The van der Waals surface area contributed by atoms with Crippen molar-refractivity contribution in [1.29, 1.82) is 0 Å². The van der Waals surface area contributed by atoms with Crippen LogP contribution in [0.5, 0.6) is 5.75 Å². The summed E-state index contributed by atoms with van der Waals surface area (Å²) < 4.78 is 0.847. The molecular formula is C10H9BrNO3S-. The van der Waals surface area contributed by atoms with E-state index in [1.54, 1.807) is 18.2 Å². The highest BCUT2D eigenvalue weighted by Gasteiger charge is 2.27. The summed E-state index contributed by atoms with van der Waals surface area (Å²) >= 11 is 4.75. The zero-order chi connectivity index (χ0) is 11.7. The quantitative estimate of drug-likeness (QED) is 0.837. The third kappa shape index (κ3) is 2.34. The van der Waals surface area contributed by atoms with Gasteiger partial charge >= 0.3 is 0 Å². The molecule has 6 heteroatoms. The molecule has 0 bridgehead atoms. The topological polar surface area (TPSA) is 72.4 Å². The normalized spacial score (nSPS) is 24.6. The molecule has 2 unspecified atom stereocenters. The number of carboxylic acid groups (broad SMARTS) is 1. The summed E-state index contributed by atoms with van der Waals surface area (Å²) in [5.41, 5.74) is 0.683. The van der Waals surface area contributed by atoms with Crippen LogP contribution in [0.4, 0.5) is 0 Å². The fraction of sp³-hybridized carbons (Fsp3) is 0.300. The summed E-state index contributed by atoms with van der Waals surface area (Å²) in [6.45, 7) is 0. The van der Waals surface area contributed by atoms with Gasteiger partial charge in [0, 0.05) is 15.8 Å².